The second-order valence-electron chi connectivity index (χ2n) is 6.79. The third kappa shape index (κ3) is 4.34. The number of rotatable bonds is 4. The van der Waals surface area contributed by atoms with Gasteiger partial charge in [0.15, 0.2) is 11.5 Å². The van der Waals surface area contributed by atoms with Crippen molar-refractivity contribution in [2.75, 3.05) is 44.6 Å². The summed E-state index contributed by atoms with van der Waals surface area (Å²) in [5, 5.41) is 14.1. The normalized spacial score (nSPS) is 18.7. The van der Waals surface area contributed by atoms with Gasteiger partial charge in [0.05, 0.1) is 12.1 Å². The molecule has 1 N–H and O–H groups in total. The highest BCUT2D eigenvalue weighted by atomic mass is 32.1. The van der Waals surface area contributed by atoms with E-state index in [-0.39, 0.29) is 25.0 Å². The Balaban J connectivity index is 1.26. The molecule has 2 amide bonds. The number of fused-ring (bicyclic) bond motifs is 1. The van der Waals surface area contributed by atoms with Crippen LogP contribution in [0.4, 0.5) is 5.00 Å². The standard InChI is InChI=1S/C20H20N4O4S/c21-11-14-5-10-29-19(14)22-18(25)12-23-6-8-24(9-7-23)20(26)17-13-27-15-3-1-2-4-16(15)28-17/h1-5,10,17H,6-9,12-13H2,(H,22,25)/t17-/m0/s1. The van der Waals surface area contributed by atoms with E-state index in [9.17, 15) is 9.59 Å². The van der Waals surface area contributed by atoms with Crippen LogP contribution in [0.3, 0.4) is 0 Å². The van der Waals surface area contributed by atoms with Crippen LogP contribution < -0.4 is 14.8 Å². The molecule has 1 aromatic heterocycles. The quantitative estimate of drug-likeness (QED) is 0.819. The summed E-state index contributed by atoms with van der Waals surface area (Å²) in [6, 6.07) is 11.0. The van der Waals surface area contributed by atoms with Crippen molar-refractivity contribution < 1.29 is 19.1 Å². The van der Waals surface area contributed by atoms with Gasteiger partial charge in [-0.2, -0.15) is 5.26 Å². The number of piperazine rings is 1. The molecule has 1 saturated heterocycles. The zero-order valence-electron chi connectivity index (χ0n) is 15.7. The maximum absolute atomic E-state index is 12.8. The predicted octanol–water partition coefficient (Wildman–Crippen LogP) is 1.54. The monoisotopic (exact) mass is 412 g/mol. The lowest BCUT2D eigenvalue weighted by atomic mass is 10.2. The number of nitrogens with zero attached hydrogens (tertiary/aromatic N) is 3. The van der Waals surface area contributed by atoms with E-state index in [0.29, 0.717) is 48.2 Å². The Morgan fingerprint density at radius 2 is 1.93 bits per heavy atom. The molecule has 0 spiro atoms. The summed E-state index contributed by atoms with van der Waals surface area (Å²) in [6.45, 7) is 2.66. The van der Waals surface area contributed by atoms with E-state index in [2.05, 4.69) is 11.4 Å². The molecule has 2 aromatic rings. The van der Waals surface area contributed by atoms with E-state index in [4.69, 9.17) is 14.7 Å². The molecular weight excluding hydrogens is 392 g/mol. The van der Waals surface area contributed by atoms with E-state index in [0.717, 1.165) is 0 Å². The molecule has 0 radical (unpaired) electrons. The second kappa shape index (κ2) is 8.51. The molecule has 1 atom stereocenters. The fourth-order valence-corrected chi connectivity index (χ4v) is 4.09. The van der Waals surface area contributed by atoms with Crippen LogP contribution >= 0.6 is 11.3 Å². The molecule has 3 heterocycles. The van der Waals surface area contributed by atoms with Gasteiger partial charge in [-0.1, -0.05) is 12.1 Å². The maximum Gasteiger partial charge on any atom is 0.267 e. The number of carbonyl (C=O) groups is 2. The van der Waals surface area contributed by atoms with Crippen molar-refractivity contribution in [3.63, 3.8) is 0 Å². The Morgan fingerprint density at radius 3 is 2.69 bits per heavy atom. The zero-order valence-corrected chi connectivity index (χ0v) is 16.5. The van der Waals surface area contributed by atoms with Crippen LogP contribution in [0.25, 0.3) is 0 Å². The lowest BCUT2D eigenvalue weighted by Crippen LogP contribution is -2.54. The second-order valence-corrected chi connectivity index (χ2v) is 7.71. The molecule has 150 valence electrons. The molecule has 1 aromatic carbocycles. The van der Waals surface area contributed by atoms with Gasteiger partial charge in [0.25, 0.3) is 5.91 Å². The number of hydrogen-bond donors (Lipinski definition) is 1. The van der Waals surface area contributed by atoms with Crippen molar-refractivity contribution in [1.29, 1.82) is 5.26 Å². The zero-order chi connectivity index (χ0) is 20.2. The number of amides is 2. The highest BCUT2D eigenvalue weighted by molar-refractivity contribution is 7.14. The topological polar surface area (TPSA) is 94.9 Å². The van der Waals surface area contributed by atoms with Crippen molar-refractivity contribution in [3.8, 4) is 17.6 Å². The predicted molar refractivity (Wildman–Crippen MR) is 107 cm³/mol. The summed E-state index contributed by atoms with van der Waals surface area (Å²) in [5.74, 6) is 0.973. The van der Waals surface area contributed by atoms with Crippen LogP contribution in [0.5, 0.6) is 11.5 Å². The SMILES string of the molecule is N#Cc1ccsc1NC(=O)CN1CCN(C(=O)[C@@H]2COc3ccccc3O2)CC1. The smallest absolute Gasteiger partial charge is 0.267 e. The van der Waals surface area contributed by atoms with E-state index in [1.54, 1.807) is 22.4 Å². The number of hydrogen-bond acceptors (Lipinski definition) is 7. The number of anilines is 1. The highest BCUT2D eigenvalue weighted by Crippen LogP contribution is 2.31. The van der Waals surface area contributed by atoms with E-state index in [1.807, 2.05) is 23.1 Å². The van der Waals surface area contributed by atoms with Crippen LogP contribution in [-0.2, 0) is 9.59 Å². The van der Waals surface area contributed by atoms with E-state index >= 15 is 0 Å². The minimum atomic E-state index is -0.650. The first-order valence-electron chi connectivity index (χ1n) is 9.31. The van der Waals surface area contributed by atoms with E-state index < -0.39 is 6.10 Å². The first-order chi connectivity index (χ1) is 14.1. The van der Waals surface area contributed by atoms with Crippen molar-refractivity contribution in [1.82, 2.24) is 9.80 Å². The number of para-hydroxylation sites is 2. The number of nitriles is 1. The minimum absolute atomic E-state index is 0.0964. The number of nitrogens with one attached hydrogen (secondary N) is 1. The molecule has 0 aliphatic carbocycles. The third-order valence-electron chi connectivity index (χ3n) is 4.87. The molecule has 2 aliphatic rings. The largest absolute Gasteiger partial charge is 0.485 e. The first kappa shape index (κ1) is 19.2. The molecule has 2 aliphatic heterocycles. The number of carbonyl (C=O) groups excluding carboxylic acids is 2. The number of benzene rings is 1. The summed E-state index contributed by atoms with van der Waals surface area (Å²) < 4.78 is 11.4. The van der Waals surface area contributed by atoms with Crippen molar-refractivity contribution in [3.05, 3.63) is 41.3 Å². The van der Waals surface area contributed by atoms with Gasteiger partial charge < -0.3 is 19.7 Å². The van der Waals surface area contributed by atoms with Crippen LogP contribution in [0.2, 0.25) is 0 Å². The summed E-state index contributed by atoms with van der Waals surface area (Å²) >= 11 is 1.33. The average molecular weight is 412 g/mol. The molecule has 8 nitrogen and oxygen atoms in total. The summed E-state index contributed by atoms with van der Waals surface area (Å²) in [7, 11) is 0. The summed E-state index contributed by atoms with van der Waals surface area (Å²) in [5.41, 5.74) is 0.468. The molecule has 1 fully saturated rings. The van der Waals surface area contributed by atoms with Gasteiger partial charge >= 0.3 is 0 Å². The van der Waals surface area contributed by atoms with Gasteiger partial charge in [0.1, 0.15) is 17.7 Å². The minimum Gasteiger partial charge on any atom is -0.485 e. The van der Waals surface area contributed by atoms with Crippen LogP contribution in [-0.4, -0.2) is 67.0 Å². The molecular formula is C20H20N4O4S. The van der Waals surface area contributed by atoms with Crippen LogP contribution in [0, 0.1) is 11.3 Å². The Kier molecular flexibility index (Phi) is 5.64. The molecule has 0 bridgehead atoms. The summed E-state index contributed by atoms with van der Waals surface area (Å²) in [4.78, 5) is 28.8. The fourth-order valence-electron chi connectivity index (χ4n) is 3.33. The third-order valence-corrected chi connectivity index (χ3v) is 5.70. The van der Waals surface area contributed by atoms with Gasteiger partial charge in [-0.15, -0.1) is 11.3 Å². The molecule has 0 unspecified atom stereocenters. The molecule has 0 saturated carbocycles. The Hall–Kier alpha value is -3.09. The fraction of sp³-hybridized carbons (Fsp3) is 0.350. The average Bonchev–Trinajstić information content (AvgIpc) is 3.20. The molecule has 4 rings (SSSR count). The van der Waals surface area contributed by atoms with Gasteiger partial charge in [0.2, 0.25) is 12.0 Å². The van der Waals surface area contributed by atoms with Crippen molar-refractivity contribution >= 4 is 28.2 Å². The lowest BCUT2D eigenvalue weighted by molar-refractivity contribution is -0.143. The molecule has 29 heavy (non-hydrogen) atoms. The maximum atomic E-state index is 12.8. The van der Waals surface area contributed by atoms with Crippen LogP contribution in [0.15, 0.2) is 35.7 Å². The van der Waals surface area contributed by atoms with Crippen LogP contribution in [0.1, 0.15) is 5.56 Å². The number of ether oxygens (including phenoxy) is 2. The Labute approximate surface area is 172 Å². The Bertz CT molecular complexity index is 946. The highest BCUT2D eigenvalue weighted by Gasteiger charge is 2.32. The summed E-state index contributed by atoms with van der Waals surface area (Å²) in [6.07, 6.45) is -0.650. The van der Waals surface area contributed by atoms with Gasteiger partial charge in [-0.25, -0.2) is 0 Å². The van der Waals surface area contributed by atoms with Crippen molar-refractivity contribution in [2.45, 2.75) is 6.10 Å². The lowest BCUT2D eigenvalue weighted by Gasteiger charge is -2.36. The number of thiophene rings is 1. The Morgan fingerprint density at radius 1 is 1.17 bits per heavy atom. The van der Waals surface area contributed by atoms with Gasteiger partial charge in [0, 0.05) is 26.2 Å². The van der Waals surface area contributed by atoms with Gasteiger partial charge in [-0.05, 0) is 23.6 Å². The van der Waals surface area contributed by atoms with E-state index in [1.165, 1.54) is 11.3 Å². The molecule has 9 heteroatoms. The van der Waals surface area contributed by atoms with Gasteiger partial charge in [-0.3, -0.25) is 14.5 Å². The van der Waals surface area contributed by atoms with Crippen molar-refractivity contribution in [2.24, 2.45) is 0 Å². The first-order valence-corrected chi connectivity index (χ1v) is 10.2.